The van der Waals surface area contributed by atoms with Crippen LogP contribution in [0.4, 0.5) is 5.95 Å². The van der Waals surface area contributed by atoms with Crippen molar-refractivity contribution in [3.05, 3.63) is 17.5 Å². The second-order valence-corrected chi connectivity index (χ2v) is 3.93. The van der Waals surface area contributed by atoms with Crippen molar-refractivity contribution >= 4 is 11.9 Å². The first kappa shape index (κ1) is 13.4. The number of nitrogens with two attached hydrogens (primary N) is 1. The minimum absolute atomic E-state index is 0.345. The van der Waals surface area contributed by atoms with Gasteiger partial charge in [0.05, 0.1) is 0 Å². The summed E-state index contributed by atoms with van der Waals surface area (Å²) in [5.74, 6) is -0.571. The van der Waals surface area contributed by atoms with Crippen molar-refractivity contribution in [2.75, 3.05) is 11.9 Å². The van der Waals surface area contributed by atoms with Crippen LogP contribution in [0.3, 0.4) is 0 Å². The number of hydrogen-bond acceptors (Lipinski definition) is 5. The quantitative estimate of drug-likeness (QED) is 0.674. The van der Waals surface area contributed by atoms with Gasteiger partial charge in [-0.15, -0.1) is 0 Å². The number of carboxylic acids is 1. The van der Waals surface area contributed by atoms with Gasteiger partial charge in [0.2, 0.25) is 5.95 Å². The third-order valence-electron chi connectivity index (χ3n) is 2.52. The lowest BCUT2D eigenvalue weighted by atomic mass is 10.1. The third-order valence-corrected chi connectivity index (χ3v) is 2.52. The van der Waals surface area contributed by atoms with Gasteiger partial charge in [-0.3, -0.25) is 0 Å². The van der Waals surface area contributed by atoms with Crippen LogP contribution in [0.1, 0.15) is 24.1 Å². The highest BCUT2D eigenvalue weighted by Crippen LogP contribution is 2.08. The summed E-state index contributed by atoms with van der Waals surface area (Å²) >= 11 is 0. The normalized spacial score (nSPS) is 12.2. The van der Waals surface area contributed by atoms with Crippen LogP contribution >= 0.6 is 0 Å². The molecule has 0 radical (unpaired) electrons. The summed E-state index contributed by atoms with van der Waals surface area (Å²) in [6, 6.07) is -0.694. The fraction of sp³-hybridized carbons (Fsp3) is 0.545. The van der Waals surface area contributed by atoms with E-state index in [4.69, 9.17) is 10.8 Å². The number of rotatable bonds is 6. The van der Waals surface area contributed by atoms with Crippen LogP contribution in [0.25, 0.3) is 0 Å². The van der Waals surface area contributed by atoms with Crippen molar-refractivity contribution in [1.29, 1.82) is 0 Å². The summed E-state index contributed by atoms with van der Waals surface area (Å²) in [5, 5.41) is 11.8. The molecule has 6 heteroatoms. The zero-order valence-corrected chi connectivity index (χ0v) is 10.1. The molecule has 1 aromatic heterocycles. The average Bonchev–Trinajstić information content (AvgIpc) is 2.28. The Balaban J connectivity index is 2.71. The van der Waals surface area contributed by atoms with Gasteiger partial charge in [0.1, 0.15) is 6.04 Å². The molecule has 0 aliphatic carbocycles. The maximum Gasteiger partial charge on any atom is 0.326 e. The molecular formula is C11H18N4O2. The number of aliphatic carboxylic acids is 1. The maximum atomic E-state index is 11.0. The molecule has 0 saturated carbocycles. The molecule has 0 saturated heterocycles. The van der Waals surface area contributed by atoms with Gasteiger partial charge in [0.15, 0.2) is 0 Å². The number of anilines is 1. The van der Waals surface area contributed by atoms with E-state index in [1.807, 2.05) is 13.8 Å². The van der Waals surface area contributed by atoms with Crippen LogP contribution in [-0.2, 0) is 4.79 Å². The first-order valence-corrected chi connectivity index (χ1v) is 5.54. The van der Waals surface area contributed by atoms with Crippen molar-refractivity contribution < 1.29 is 9.90 Å². The molecule has 6 nitrogen and oxygen atoms in total. The Morgan fingerprint density at radius 2 is 2.29 bits per heavy atom. The molecule has 0 aliphatic heterocycles. The van der Waals surface area contributed by atoms with E-state index in [2.05, 4.69) is 15.3 Å². The largest absolute Gasteiger partial charge is 0.480 e. The van der Waals surface area contributed by atoms with E-state index in [1.165, 1.54) is 0 Å². The van der Waals surface area contributed by atoms with Crippen molar-refractivity contribution in [2.45, 2.75) is 32.7 Å². The van der Waals surface area contributed by atoms with Crippen molar-refractivity contribution in [3.8, 4) is 0 Å². The molecule has 0 aromatic carbocycles. The van der Waals surface area contributed by atoms with E-state index in [-0.39, 0.29) is 0 Å². The van der Waals surface area contributed by atoms with Crippen molar-refractivity contribution in [3.63, 3.8) is 0 Å². The Morgan fingerprint density at radius 3 is 2.82 bits per heavy atom. The lowest BCUT2D eigenvalue weighted by Crippen LogP contribution is -2.30. The molecule has 1 heterocycles. The molecule has 1 rings (SSSR count). The molecular weight excluding hydrogens is 220 g/mol. The third kappa shape index (κ3) is 3.99. The monoisotopic (exact) mass is 238 g/mol. The molecule has 1 aromatic rings. The lowest BCUT2D eigenvalue weighted by Gasteiger charge is -2.14. The maximum absolute atomic E-state index is 11.0. The number of aromatic nitrogens is 2. The summed E-state index contributed by atoms with van der Waals surface area (Å²) in [4.78, 5) is 19.2. The molecule has 1 unspecified atom stereocenters. The van der Waals surface area contributed by atoms with E-state index in [1.54, 1.807) is 6.20 Å². The van der Waals surface area contributed by atoms with Gasteiger partial charge >= 0.3 is 5.97 Å². The van der Waals surface area contributed by atoms with Crippen LogP contribution in [0, 0.1) is 13.8 Å². The molecule has 0 amide bonds. The first-order valence-electron chi connectivity index (χ1n) is 5.54. The first-order chi connectivity index (χ1) is 8.04. The molecule has 17 heavy (non-hydrogen) atoms. The Hall–Kier alpha value is -1.69. The Labute approximate surface area is 100 Å². The van der Waals surface area contributed by atoms with Gasteiger partial charge in [-0.2, -0.15) is 0 Å². The summed E-state index contributed by atoms with van der Waals surface area (Å²) in [5.41, 5.74) is 7.18. The summed E-state index contributed by atoms with van der Waals surface area (Å²) in [6.45, 7) is 4.24. The molecule has 4 N–H and O–H groups in total. The Morgan fingerprint density at radius 1 is 1.59 bits per heavy atom. The number of carbonyl (C=O) groups is 1. The van der Waals surface area contributed by atoms with E-state index in [0.29, 0.717) is 25.3 Å². The SMILES string of the molecule is Cc1cnc(NC(CCCN)C(=O)O)nc1C. The minimum Gasteiger partial charge on any atom is -0.480 e. The second-order valence-electron chi connectivity index (χ2n) is 3.93. The standard InChI is InChI=1S/C11H18N4O2/c1-7-6-13-11(14-8(7)2)15-9(10(16)17)4-3-5-12/h6,9H,3-5,12H2,1-2H3,(H,16,17)(H,13,14,15). The topological polar surface area (TPSA) is 101 Å². The van der Waals surface area contributed by atoms with Gasteiger partial charge in [-0.25, -0.2) is 14.8 Å². The highest BCUT2D eigenvalue weighted by atomic mass is 16.4. The minimum atomic E-state index is -0.916. The summed E-state index contributed by atoms with van der Waals surface area (Å²) in [7, 11) is 0. The highest BCUT2D eigenvalue weighted by Gasteiger charge is 2.17. The van der Waals surface area contributed by atoms with Gasteiger partial charge in [0, 0.05) is 11.9 Å². The van der Waals surface area contributed by atoms with E-state index >= 15 is 0 Å². The van der Waals surface area contributed by atoms with Crippen molar-refractivity contribution in [1.82, 2.24) is 9.97 Å². The summed E-state index contributed by atoms with van der Waals surface area (Å²) < 4.78 is 0. The number of hydrogen-bond donors (Lipinski definition) is 3. The number of carboxylic acid groups (broad SMARTS) is 1. The molecule has 0 spiro atoms. The molecule has 94 valence electrons. The van der Waals surface area contributed by atoms with Crippen LogP contribution in [0.15, 0.2) is 6.20 Å². The average molecular weight is 238 g/mol. The molecule has 1 atom stereocenters. The van der Waals surface area contributed by atoms with Gasteiger partial charge in [-0.1, -0.05) is 0 Å². The van der Waals surface area contributed by atoms with Crippen molar-refractivity contribution in [2.24, 2.45) is 5.73 Å². The fourth-order valence-corrected chi connectivity index (χ4v) is 1.33. The smallest absolute Gasteiger partial charge is 0.326 e. The zero-order valence-electron chi connectivity index (χ0n) is 10.1. The fourth-order valence-electron chi connectivity index (χ4n) is 1.33. The van der Waals surface area contributed by atoms with E-state index in [0.717, 1.165) is 11.3 Å². The highest BCUT2D eigenvalue weighted by molar-refractivity contribution is 5.76. The lowest BCUT2D eigenvalue weighted by molar-refractivity contribution is -0.138. The van der Waals surface area contributed by atoms with Crippen LogP contribution < -0.4 is 11.1 Å². The predicted molar refractivity (Wildman–Crippen MR) is 64.8 cm³/mol. The summed E-state index contributed by atoms with van der Waals surface area (Å²) in [6.07, 6.45) is 2.78. The molecule has 0 aliphatic rings. The number of aryl methyl sites for hydroxylation is 2. The predicted octanol–water partition coefficient (Wildman–Crippen LogP) is 0.697. The van der Waals surface area contributed by atoms with E-state index < -0.39 is 12.0 Å². The van der Waals surface area contributed by atoms with Gasteiger partial charge < -0.3 is 16.2 Å². The number of nitrogens with one attached hydrogen (secondary N) is 1. The second kappa shape index (κ2) is 6.15. The molecule has 0 fully saturated rings. The van der Waals surface area contributed by atoms with E-state index in [9.17, 15) is 4.79 Å². The van der Waals surface area contributed by atoms with Crippen LogP contribution in [0.2, 0.25) is 0 Å². The molecule has 0 bridgehead atoms. The van der Waals surface area contributed by atoms with Crippen LogP contribution in [-0.4, -0.2) is 33.6 Å². The zero-order chi connectivity index (χ0) is 12.8. The van der Waals surface area contributed by atoms with Gasteiger partial charge in [-0.05, 0) is 38.8 Å². The Bertz CT molecular complexity index is 395. The van der Waals surface area contributed by atoms with Gasteiger partial charge in [0.25, 0.3) is 0 Å². The number of nitrogens with zero attached hydrogens (tertiary/aromatic N) is 2. The Kier molecular flexibility index (Phi) is 4.84. The van der Waals surface area contributed by atoms with Crippen LogP contribution in [0.5, 0.6) is 0 Å².